The van der Waals surface area contributed by atoms with Gasteiger partial charge < -0.3 is 5.11 Å². The number of hydrogen-bond donors (Lipinski definition) is 1. The predicted molar refractivity (Wildman–Crippen MR) is 71.4 cm³/mol. The minimum absolute atomic E-state index is 0.0955. The summed E-state index contributed by atoms with van der Waals surface area (Å²) in [6, 6.07) is 8.00. The van der Waals surface area contributed by atoms with Crippen molar-refractivity contribution >= 4 is 5.97 Å². The second kappa shape index (κ2) is 5.65. The Balaban J connectivity index is 2.42. The summed E-state index contributed by atoms with van der Waals surface area (Å²) >= 11 is 0. The minimum Gasteiger partial charge on any atom is -0.481 e. The first kappa shape index (κ1) is 13.3. The molecule has 5 nitrogen and oxygen atoms in total. The molecule has 0 saturated carbocycles. The van der Waals surface area contributed by atoms with E-state index in [0.717, 1.165) is 24.2 Å². The molecule has 2 aromatic rings. The molecule has 0 bridgehead atoms. The summed E-state index contributed by atoms with van der Waals surface area (Å²) < 4.78 is 1.73. The second-order valence-electron chi connectivity index (χ2n) is 4.48. The topological polar surface area (TPSA) is 68.0 Å². The molecule has 1 N–H and O–H groups in total. The maximum Gasteiger partial charge on any atom is 0.309 e. The van der Waals surface area contributed by atoms with Gasteiger partial charge in [0.25, 0.3) is 0 Å². The maximum atomic E-state index is 10.8. The van der Waals surface area contributed by atoms with Crippen LogP contribution in [0.2, 0.25) is 0 Å². The fourth-order valence-electron chi connectivity index (χ4n) is 2.09. The molecule has 1 aromatic heterocycles. The van der Waals surface area contributed by atoms with Gasteiger partial charge in [0.15, 0.2) is 0 Å². The number of aryl methyl sites for hydroxylation is 1. The molecule has 0 aliphatic heterocycles. The van der Waals surface area contributed by atoms with Gasteiger partial charge in [-0.25, -0.2) is 4.68 Å². The van der Waals surface area contributed by atoms with Crippen LogP contribution in [-0.2, 0) is 17.6 Å². The second-order valence-corrected chi connectivity index (χ2v) is 4.48. The van der Waals surface area contributed by atoms with Crippen LogP contribution < -0.4 is 0 Å². The first-order chi connectivity index (χ1) is 9.13. The number of aliphatic carboxylic acids is 1. The molecule has 0 radical (unpaired) electrons. The van der Waals surface area contributed by atoms with E-state index in [2.05, 4.69) is 23.3 Å². The van der Waals surface area contributed by atoms with E-state index in [1.165, 1.54) is 5.56 Å². The standard InChI is InChI=1S/C14H17N3O2/c1-3-6-11-7-4-5-8-13(11)17-10(2)12(15-16-17)9-14(18)19/h4-5,7-8H,3,6,9H2,1-2H3,(H,18,19). The van der Waals surface area contributed by atoms with E-state index in [-0.39, 0.29) is 6.42 Å². The molecule has 19 heavy (non-hydrogen) atoms. The summed E-state index contributed by atoms with van der Waals surface area (Å²) in [7, 11) is 0. The van der Waals surface area contributed by atoms with Crippen LogP contribution in [0.3, 0.4) is 0 Å². The number of nitrogens with zero attached hydrogens (tertiary/aromatic N) is 3. The minimum atomic E-state index is -0.892. The van der Waals surface area contributed by atoms with Gasteiger partial charge in [-0.1, -0.05) is 36.8 Å². The zero-order valence-corrected chi connectivity index (χ0v) is 11.1. The van der Waals surface area contributed by atoms with Crippen molar-refractivity contribution in [1.29, 1.82) is 0 Å². The summed E-state index contributed by atoms with van der Waals surface area (Å²) in [5, 5.41) is 16.9. The molecular weight excluding hydrogens is 242 g/mol. The van der Waals surface area contributed by atoms with E-state index in [4.69, 9.17) is 5.11 Å². The number of para-hydroxylation sites is 1. The number of benzene rings is 1. The highest BCUT2D eigenvalue weighted by Crippen LogP contribution is 2.18. The Kier molecular flexibility index (Phi) is 3.94. The molecule has 0 atom stereocenters. The third-order valence-electron chi connectivity index (χ3n) is 3.05. The summed E-state index contributed by atoms with van der Waals surface area (Å²) in [6.45, 7) is 3.97. The Morgan fingerprint density at radius 3 is 2.79 bits per heavy atom. The smallest absolute Gasteiger partial charge is 0.309 e. The van der Waals surface area contributed by atoms with Crippen molar-refractivity contribution in [1.82, 2.24) is 15.0 Å². The van der Waals surface area contributed by atoms with Gasteiger partial charge in [-0.3, -0.25) is 4.79 Å². The largest absolute Gasteiger partial charge is 0.481 e. The fraction of sp³-hybridized carbons (Fsp3) is 0.357. The van der Waals surface area contributed by atoms with Crippen molar-refractivity contribution in [2.45, 2.75) is 33.1 Å². The fourth-order valence-corrected chi connectivity index (χ4v) is 2.09. The first-order valence-corrected chi connectivity index (χ1v) is 6.34. The summed E-state index contributed by atoms with van der Waals surface area (Å²) in [4.78, 5) is 10.8. The summed E-state index contributed by atoms with van der Waals surface area (Å²) in [5.74, 6) is -0.892. The lowest BCUT2D eigenvalue weighted by Gasteiger charge is -2.09. The molecule has 1 aromatic carbocycles. The average molecular weight is 259 g/mol. The van der Waals surface area contributed by atoms with E-state index < -0.39 is 5.97 Å². The van der Waals surface area contributed by atoms with Crippen LogP contribution in [0, 0.1) is 6.92 Å². The van der Waals surface area contributed by atoms with E-state index in [1.54, 1.807) is 4.68 Å². The molecule has 0 fully saturated rings. The van der Waals surface area contributed by atoms with Gasteiger partial charge in [-0.15, -0.1) is 5.10 Å². The Hall–Kier alpha value is -2.17. The number of rotatable bonds is 5. The van der Waals surface area contributed by atoms with Crippen molar-refractivity contribution in [3.05, 3.63) is 41.2 Å². The van der Waals surface area contributed by atoms with Crippen LogP contribution in [0.15, 0.2) is 24.3 Å². The number of carbonyl (C=O) groups is 1. The Bertz CT molecular complexity index is 590. The van der Waals surface area contributed by atoms with Crippen LogP contribution in [0.25, 0.3) is 5.69 Å². The van der Waals surface area contributed by atoms with Crippen LogP contribution in [0.1, 0.15) is 30.3 Å². The lowest BCUT2D eigenvalue weighted by Crippen LogP contribution is -2.05. The first-order valence-electron chi connectivity index (χ1n) is 6.34. The number of hydrogen-bond acceptors (Lipinski definition) is 3. The van der Waals surface area contributed by atoms with Crippen molar-refractivity contribution in [2.24, 2.45) is 0 Å². The van der Waals surface area contributed by atoms with Gasteiger partial charge in [0.1, 0.15) is 0 Å². The Morgan fingerprint density at radius 1 is 1.37 bits per heavy atom. The third kappa shape index (κ3) is 2.81. The zero-order valence-electron chi connectivity index (χ0n) is 11.1. The predicted octanol–water partition coefficient (Wildman–Crippen LogP) is 2.16. The SMILES string of the molecule is CCCc1ccccc1-n1nnc(CC(=O)O)c1C. The van der Waals surface area contributed by atoms with Crippen LogP contribution in [-0.4, -0.2) is 26.1 Å². The lowest BCUT2D eigenvalue weighted by atomic mass is 10.1. The van der Waals surface area contributed by atoms with Crippen LogP contribution in [0.4, 0.5) is 0 Å². The molecule has 0 amide bonds. The molecule has 2 rings (SSSR count). The highest BCUT2D eigenvalue weighted by Gasteiger charge is 2.14. The van der Waals surface area contributed by atoms with Gasteiger partial charge in [0.2, 0.25) is 0 Å². The number of carboxylic acids is 1. The maximum absolute atomic E-state index is 10.8. The number of aromatic nitrogens is 3. The van der Waals surface area contributed by atoms with Gasteiger partial charge in [-0.2, -0.15) is 0 Å². The quantitative estimate of drug-likeness (QED) is 0.893. The Labute approximate surface area is 111 Å². The monoisotopic (exact) mass is 259 g/mol. The summed E-state index contributed by atoms with van der Waals surface area (Å²) in [6.07, 6.45) is 1.91. The average Bonchev–Trinajstić information content (AvgIpc) is 2.72. The van der Waals surface area contributed by atoms with E-state index in [1.807, 2.05) is 25.1 Å². The molecule has 0 spiro atoms. The Morgan fingerprint density at radius 2 is 2.11 bits per heavy atom. The van der Waals surface area contributed by atoms with Crippen molar-refractivity contribution in [3.8, 4) is 5.69 Å². The molecule has 5 heteroatoms. The van der Waals surface area contributed by atoms with E-state index >= 15 is 0 Å². The normalized spacial score (nSPS) is 10.6. The molecule has 100 valence electrons. The highest BCUT2D eigenvalue weighted by molar-refractivity contribution is 5.69. The third-order valence-corrected chi connectivity index (χ3v) is 3.05. The zero-order chi connectivity index (χ0) is 13.8. The molecule has 0 aliphatic rings. The van der Waals surface area contributed by atoms with Gasteiger partial charge in [0, 0.05) is 0 Å². The van der Waals surface area contributed by atoms with Gasteiger partial charge in [-0.05, 0) is 25.0 Å². The highest BCUT2D eigenvalue weighted by atomic mass is 16.4. The molecule has 0 unspecified atom stereocenters. The van der Waals surface area contributed by atoms with E-state index in [9.17, 15) is 4.79 Å². The van der Waals surface area contributed by atoms with E-state index in [0.29, 0.717) is 5.69 Å². The summed E-state index contributed by atoms with van der Waals surface area (Å²) in [5.41, 5.74) is 3.47. The van der Waals surface area contributed by atoms with Crippen molar-refractivity contribution in [3.63, 3.8) is 0 Å². The molecule has 0 aliphatic carbocycles. The number of carboxylic acid groups (broad SMARTS) is 1. The van der Waals surface area contributed by atoms with Crippen molar-refractivity contribution in [2.75, 3.05) is 0 Å². The van der Waals surface area contributed by atoms with Crippen molar-refractivity contribution < 1.29 is 9.90 Å². The van der Waals surface area contributed by atoms with Gasteiger partial charge in [0.05, 0.1) is 23.5 Å². The molecule has 0 saturated heterocycles. The van der Waals surface area contributed by atoms with Gasteiger partial charge >= 0.3 is 5.97 Å². The van der Waals surface area contributed by atoms with Crippen LogP contribution >= 0.6 is 0 Å². The lowest BCUT2D eigenvalue weighted by molar-refractivity contribution is -0.136. The molecule has 1 heterocycles. The van der Waals surface area contributed by atoms with Crippen LogP contribution in [0.5, 0.6) is 0 Å². The molecular formula is C14H17N3O2.